The lowest BCUT2D eigenvalue weighted by molar-refractivity contribution is 0.890. The van der Waals surface area contributed by atoms with Crippen molar-refractivity contribution in [2.24, 2.45) is 0 Å². The van der Waals surface area contributed by atoms with Crippen molar-refractivity contribution in [1.29, 1.82) is 0 Å². The molecule has 0 fully saturated rings. The topological polar surface area (TPSA) is 41.6 Å². The molecule has 0 atom stereocenters. The van der Waals surface area contributed by atoms with Crippen molar-refractivity contribution in [2.75, 3.05) is 0 Å². The van der Waals surface area contributed by atoms with Crippen LogP contribution in [0.1, 0.15) is 19.0 Å². The molecule has 0 aliphatic carbocycles. The van der Waals surface area contributed by atoms with Gasteiger partial charge in [0, 0.05) is 16.6 Å². The van der Waals surface area contributed by atoms with Gasteiger partial charge in [0.15, 0.2) is 0 Å². The summed E-state index contributed by atoms with van der Waals surface area (Å²) in [5.41, 5.74) is 5.26. The third kappa shape index (κ3) is 2.15. The normalized spacial score (nSPS) is 11.3. The molecule has 108 valence electrons. The van der Waals surface area contributed by atoms with Crippen molar-refractivity contribution < 1.29 is 0 Å². The smallest absolute Gasteiger partial charge is 0.140 e. The van der Waals surface area contributed by atoms with Crippen molar-refractivity contribution in [1.82, 2.24) is 15.0 Å². The highest BCUT2D eigenvalue weighted by Gasteiger charge is 2.10. The maximum atomic E-state index is 4.85. The lowest BCUT2D eigenvalue weighted by Crippen LogP contribution is -1.92. The first-order chi connectivity index (χ1) is 10.8. The van der Waals surface area contributed by atoms with Crippen LogP contribution >= 0.6 is 0 Å². The van der Waals surface area contributed by atoms with Gasteiger partial charge in [0.05, 0.1) is 16.6 Å². The van der Waals surface area contributed by atoms with Crippen LogP contribution in [0, 0.1) is 0 Å². The average Bonchev–Trinajstić information content (AvgIpc) is 2.98. The van der Waals surface area contributed by atoms with Crippen molar-refractivity contribution in [2.45, 2.75) is 19.8 Å². The molecule has 0 bridgehead atoms. The van der Waals surface area contributed by atoms with Crippen molar-refractivity contribution in [3.63, 3.8) is 0 Å². The number of para-hydroxylation sites is 3. The van der Waals surface area contributed by atoms with Crippen LogP contribution in [-0.4, -0.2) is 15.0 Å². The molecule has 4 rings (SSSR count). The third-order valence-electron chi connectivity index (χ3n) is 3.93. The van der Waals surface area contributed by atoms with E-state index in [1.165, 1.54) is 0 Å². The van der Waals surface area contributed by atoms with Gasteiger partial charge in [0.25, 0.3) is 0 Å². The number of hydrogen-bond donors (Lipinski definition) is 1. The molecule has 0 saturated carbocycles. The fourth-order valence-corrected chi connectivity index (χ4v) is 2.85. The highest BCUT2D eigenvalue weighted by atomic mass is 14.9. The highest BCUT2D eigenvalue weighted by molar-refractivity contribution is 5.93. The molecule has 0 radical (unpaired) electrons. The summed E-state index contributed by atoms with van der Waals surface area (Å²) in [5.74, 6) is 0.882. The molecule has 22 heavy (non-hydrogen) atoms. The minimum atomic E-state index is 0.882. The lowest BCUT2D eigenvalue weighted by Gasteiger charge is -2.05. The van der Waals surface area contributed by atoms with E-state index in [4.69, 9.17) is 9.97 Å². The van der Waals surface area contributed by atoms with Gasteiger partial charge in [-0.2, -0.15) is 0 Å². The van der Waals surface area contributed by atoms with Crippen LogP contribution in [0.3, 0.4) is 0 Å². The summed E-state index contributed by atoms with van der Waals surface area (Å²) in [6, 6.07) is 18.6. The van der Waals surface area contributed by atoms with Crippen molar-refractivity contribution in [3.8, 4) is 11.4 Å². The van der Waals surface area contributed by atoms with E-state index in [9.17, 15) is 0 Å². The Morgan fingerprint density at radius 1 is 0.909 bits per heavy atom. The Labute approximate surface area is 129 Å². The van der Waals surface area contributed by atoms with E-state index >= 15 is 0 Å². The number of aromatic nitrogens is 3. The Morgan fingerprint density at radius 2 is 1.82 bits per heavy atom. The number of H-pyrrole nitrogens is 1. The van der Waals surface area contributed by atoms with E-state index < -0.39 is 0 Å². The summed E-state index contributed by atoms with van der Waals surface area (Å²) in [7, 11) is 0. The number of pyridine rings is 1. The van der Waals surface area contributed by atoms with Crippen molar-refractivity contribution >= 4 is 21.9 Å². The number of nitrogens with one attached hydrogen (secondary N) is 1. The fraction of sp³-hybridized carbons (Fsp3) is 0.158. The number of nitrogens with zero attached hydrogens (tertiary/aromatic N) is 2. The second kappa shape index (κ2) is 5.26. The summed E-state index contributed by atoms with van der Waals surface area (Å²) in [6.45, 7) is 2.18. The monoisotopic (exact) mass is 287 g/mol. The second-order valence-corrected chi connectivity index (χ2v) is 5.53. The molecule has 2 aromatic carbocycles. The summed E-state index contributed by atoms with van der Waals surface area (Å²) < 4.78 is 0. The molecular formula is C19H17N3. The van der Waals surface area contributed by atoms with Gasteiger partial charge < -0.3 is 4.98 Å². The maximum absolute atomic E-state index is 4.85. The van der Waals surface area contributed by atoms with E-state index in [2.05, 4.69) is 42.2 Å². The van der Waals surface area contributed by atoms with Gasteiger partial charge in [-0.1, -0.05) is 43.7 Å². The number of aromatic amines is 1. The first-order valence-corrected chi connectivity index (χ1v) is 7.69. The zero-order valence-electron chi connectivity index (χ0n) is 12.5. The van der Waals surface area contributed by atoms with E-state index in [1.54, 1.807) is 0 Å². The molecule has 0 aliphatic heterocycles. The first-order valence-electron chi connectivity index (χ1n) is 7.69. The fourth-order valence-electron chi connectivity index (χ4n) is 2.85. The summed E-state index contributed by atoms with van der Waals surface area (Å²) in [6.07, 6.45) is 2.11. The van der Waals surface area contributed by atoms with Gasteiger partial charge in [-0.25, -0.2) is 4.98 Å². The number of rotatable bonds is 3. The quantitative estimate of drug-likeness (QED) is 0.592. The Morgan fingerprint density at radius 3 is 2.68 bits per heavy atom. The van der Waals surface area contributed by atoms with E-state index in [-0.39, 0.29) is 0 Å². The molecule has 3 nitrogen and oxygen atoms in total. The summed E-state index contributed by atoms with van der Waals surface area (Å²) in [4.78, 5) is 13.0. The molecule has 0 spiro atoms. The minimum Gasteiger partial charge on any atom is -0.338 e. The van der Waals surface area contributed by atoms with E-state index in [0.717, 1.165) is 51.9 Å². The average molecular weight is 287 g/mol. The molecule has 0 amide bonds. The van der Waals surface area contributed by atoms with Gasteiger partial charge in [0.2, 0.25) is 0 Å². The zero-order chi connectivity index (χ0) is 14.9. The van der Waals surface area contributed by atoms with Crippen molar-refractivity contribution in [3.05, 3.63) is 60.3 Å². The molecular weight excluding hydrogens is 270 g/mol. The lowest BCUT2D eigenvalue weighted by atomic mass is 10.1. The largest absolute Gasteiger partial charge is 0.338 e. The molecule has 3 heteroatoms. The number of fused-ring (bicyclic) bond motifs is 2. The number of aryl methyl sites for hydroxylation is 1. The van der Waals surface area contributed by atoms with E-state index in [0.29, 0.717) is 0 Å². The Balaban J connectivity index is 1.94. The van der Waals surface area contributed by atoms with Crippen LogP contribution in [0.15, 0.2) is 54.6 Å². The van der Waals surface area contributed by atoms with Crippen LogP contribution in [-0.2, 0) is 6.42 Å². The Kier molecular flexibility index (Phi) is 3.11. The third-order valence-corrected chi connectivity index (χ3v) is 3.93. The van der Waals surface area contributed by atoms with Gasteiger partial charge in [0.1, 0.15) is 5.82 Å². The van der Waals surface area contributed by atoms with Crippen LogP contribution in [0.4, 0.5) is 0 Å². The molecule has 1 N–H and O–H groups in total. The van der Waals surface area contributed by atoms with Crippen LogP contribution in [0.25, 0.3) is 33.3 Å². The zero-order valence-corrected chi connectivity index (χ0v) is 12.5. The maximum Gasteiger partial charge on any atom is 0.140 e. The van der Waals surface area contributed by atoms with Crippen LogP contribution in [0.5, 0.6) is 0 Å². The molecule has 0 aliphatic rings. The predicted molar refractivity (Wildman–Crippen MR) is 90.8 cm³/mol. The highest BCUT2D eigenvalue weighted by Crippen LogP contribution is 2.27. The van der Waals surface area contributed by atoms with Gasteiger partial charge >= 0.3 is 0 Å². The standard InChI is InChI=1S/C19H17N3/c1-2-6-14-12-11-13-7-5-8-15(18(13)20-14)19-21-16-9-3-4-10-17(16)22-19/h3-5,7-12H,2,6H2,1H3,(H,21,22). The Bertz CT molecular complexity index is 920. The molecule has 4 aromatic rings. The predicted octanol–water partition coefficient (Wildman–Crippen LogP) is 4.73. The van der Waals surface area contributed by atoms with Crippen LogP contribution in [0.2, 0.25) is 0 Å². The number of hydrogen-bond acceptors (Lipinski definition) is 2. The molecule has 0 unspecified atom stereocenters. The van der Waals surface area contributed by atoms with E-state index in [1.807, 2.05) is 24.3 Å². The second-order valence-electron chi connectivity index (χ2n) is 5.53. The number of imidazole rings is 1. The summed E-state index contributed by atoms with van der Waals surface area (Å²) in [5, 5.41) is 1.15. The minimum absolute atomic E-state index is 0.882. The molecule has 2 heterocycles. The summed E-state index contributed by atoms with van der Waals surface area (Å²) >= 11 is 0. The molecule has 2 aromatic heterocycles. The van der Waals surface area contributed by atoms with Gasteiger partial charge in [-0.3, -0.25) is 4.98 Å². The molecule has 0 saturated heterocycles. The Hall–Kier alpha value is -2.68. The van der Waals surface area contributed by atoms with Crippen LogP contribution < -0.4 is 0 Å². The van der Waals surface area contributed by atoms with Gasteiger partial charge in [-0.05, 0) is 30.7 Å². The first kappa shape index (κ1) is 13.0. The van der Waals surface area contributed by atoms with Gasteiger partial charge in [-0.15, -0.1) is 0 Å². The number of benzene rings is 2. The SMILES string of the molecule is CCCc1ccc2cccc(-c3nc4ccccc4[nH]3)c2n1.